The second-order valence-electron chi connectivity index (χ2n) is 7.88. The van der Waals surface area contributed by atoms with Gasteiger partial charge < -0.3 is 9.80 Å². The fourth-order valence-electron chi connectivity index (χ4n) is 3.87. The third kappa shape index (κ3) is 4.74. The molecule has 1 fully saturated rings. The number of rotatable bonds is 5. The Hall–Kier alpha value is -2.92. The first-order valence-electron chi connectivity index (χ1n) is 10.2. The Bertz CT molecular complexity index is 963. The highest BCUT2D eigenvalue weighted by Gasteiger charge is 2.19. The molecule has 150 valence electrons. The Morgan fingerprint density at radius 3 is 2.31 bits per heavy atom. The van der Waals surface area contributed by atoms with E-state index in [0.717, 1.165) is 50.0 Å². The minimum atomic E-state index is 0.919. The van der Waals surface area contributed by atoms with Gasteiger partial charge in [0, 0.05) is 51.5 Å². The molecular formula is C24H29N5. The van der Waals surface area contributed by atoms with Crippen LogP contribution in [0.5, 0.6) is 0 Å². The quantitative estimate of drug-likeness (QED) is 0.656. The van der Waals surface area contributed by atoms with E-state index in [1.54, 1.807) is 6.33 Å². The summed E-state index contributed by atoms with van der Waals surface area (Å²) < 4.78 is 0. The van der Waals surface area contributed by atoms with Gasteiger partial charge in [-0.1, -0.05) is 42.0 Å². The fraction of sp³-hybridized carbons (Fsp3) is 0.333. The molecule has 1 aromatic heterocycles. The third-order valence-corrected chi connectivity index (χ3v) is 5.56. The summed E-state index contributed by atoms with van der Waals surface area (Å²) in [6.45, 7) is 9.33. The number of aryl methyl sites for hydroxylation is 2. The van der Waals surface area contributed by atoms with Crippen molar-refractivity contribution in [2.24, 2.45) is 0 Å². The molecule has 2 heterocycles. The lowest BCUT2D eigenvalue weighted by Gasteiger charge is -2.35. The van der Waals surface area contributed by atoms with E-state index < -0.39 is 0 Å². The Kier molecular flexibility index (Phi) is 5.76. The summed E-state index contributed by atoms with van der Waals surface area (Å²) in [6, 6.07) is 19.4. The van der Waals surface area contributed by atoms with Gasteiger partial charge in [0.25, 0.3) is 0 Å². The summed E-state index contributed by atoms with van der Waals surface area (Å²) in [5.41, 5.74) is 5.10. The number of aromatic nitrogens is 2. The van der Waals surface area contributed by atoms with Crippen molar-refractivity contribution in [1.82, 2.24) is 14.9 Å². The Balaban J connectivity index is 1.40. The first-order valence-corrected chi connectivity index (χ1v) is 10.2. The van der Waals surface area contributed by atoms with Crippen LogP contribution in [-0.4, -0.2) is 48.1 Å². The number of nitrogens with zero attached hydrogens (tertiary/aromatic N) is 5. The molecule has 0 unspecified atom stereocenters. The van der Waals surface area contributed by atoms with Crippen LogP contribution in [-0.2, 0) is 6.54 Å². The van der Waals surface area contributed by atoms with Crippen LogP contribution >= 0.6 is 0 Å². The van der Waals surface area contributed by atoms with Crippen molar-refractivity contribution in [2.45, 2.75) is 20.4 Å². The van der Waals surface area contributed by atoms with Gasteiger partial charge in [0.05, 0.1) is 0 Å². The molecule has 0 radical (unpaired) electrons. The van der Waals surface area contributed by atoms with Crippen molar-refractivity contribution in [3.8, 4) is 0 Å². The number of anilines is 3. The SMILES string of the molecule is Cc1cccc(CN2CCN(c3cc(N(C)c4cccc(C)c4)ncn3)CC2)c1. The summed E-state index contributed by atoms with van der Waals surface area (Å²) in [4.78, 5) is 16.0. The summed E-state index contributed by atoms with van der Waals surface area (Å²) in [6.07, 6.45) is 1.68. The standard InChI is InChI=1S/C24H29N5/c1-19-6-4-8-21(14-19)17-28-10-12-29(13-11-28)24-16-23(25-18-26-24)27(3)22-9-5-7-20(2)15-22/h4-9,14-16,18H,10-13,17H2,1-3H3. The van der Waals surface area contributed by atoms with E-state index in [2.05, 4.69) is 100 Å². The van der Waals surface area contributed by atoms with Crippen LogP contribution in [0.15, 0.2) is 60.9 Å². The van der Waals surface area contributed by atoms with Gasteiger partial charge in [-0.25, -0.2) is 9.97 Å². The zero-order chi connectivity index (χ0) is 20.2. The van der Waals surface area contributed by atoms with Crippen LogP contribution < -0.4 is 9.80 Å². The van der Waals surface area contributed by atoms with Crippen LogP contribution in [0.3, 0.4) is 0 Å². The van der Waals surface area contributed by atoms with E-state index in [0.29, 0.717) is 0 Å². The lowest BCUT2D eigenvalue weighted by molar-refractivity contribution is 0.249. The van der Waals surface area contributed by atoms with Gasteiger partial charge in [0.15, 0.2) is 0 Å². The zero-order valence-electron chi connectivity index (χ0n) is 17.5. The maximum Gasteiger partial charge on any atom is 0.138 e. The lowest BCUT2D eigenvalue weighted by Crippen LogP contribution is -2.46. The average Bonchev–Trinajstić information content (AvgIpc) is 2.74. The fourth-order valence-corrected chi connectivity index (χ4v) is 3.87. The Labute approximate surface area is 173 Å². The summed E-state index contributed by atoms with van der Waals surface area (Å²) in [5, 5.41) is 0. The van der Waals surface area contributed by atoms with E-state index in [4.69, 9.17) is 0 Å². The monoisotopic (exact) mass is 387 g/mol. The second-order valence-corrected chi connectivity index (χ2v) is 7.88. The molecular weight excluding hydrogens is 358 g/mol. The van der Waals surface area contributed by atoms with Crippen LogP contribution in [0.2, 0.25) is 0 Å². The van der Waals surface area contributed by atoms with Crippen molar-refractivity contribution < 1.29 is 0 Å². The number of piperazine rings is 1. The number of benzene rings is 2. The molecule has 0 aliphatic carbocycles. The third-order valence-electron chi connectivity index (χ3n) is 5.56. The first kappa shape index (κ1) is 19.4. The van der Waals surface area contributed by atoms with Crippen molar-refractivity contribution in [3.05, 3.63) is 77.6 Å². The summed E-state index contributed by atoms with van der Waals surface area (Å²) in [7, 11) is 2.06. The van der Waals surface area contributed by atoms with E-state index >= 15 is 0 Å². The largest absolute Gasteiger partial charge is 0.354 e. The highest BCUT2D eigenvalue weighted by Crippen LogP contribution is 2.25. The molecule has 0 saturated carbocycles. The maximum absolute atomic E-state index is 4.55. The molecule has 3 aromatic rings. The van der Waals surface area contributed by atoms with Crippen molar-refractivity contribution >= 4 is 17.3 Å². The molecule has 0 amide bonds. The average molecular weight is 388 g/mol. The molecule has 29 heavy (non-hydrogen) atoms. The zero-order valence-corrected chi connectivity index (χ0v) is 17.5. The Morgan fingerprint density at radius 2 is 1.59 bits per heavy atom. The predicted molar refractivity (Wildman–Crippen MR) is 120 cm³/mol. The molecule has 5 nitrogen and oxygen atoms in total. The molecule has 0 spiro atoms. The lowest BCUT2D eigenvalue weighted by atomic mass is 10.1. The number of hydrogen-bond acceptors (Lipinski definition) is 5. The van der Waals surface area contributed by atoms with E-state index in [1.165, 1.54) is 16.7 Å². The minimum absolute atomic E-state index is 0.919. The number of hydrogen-bond donors (Lipinski definition) is 0. The van der Waals surface area contributed by atoms with E-state index in [9.17, 15) is 0 Å². The summed E-state index contributed by atoms with van der Waals surface area (Å²) >= 11 is 0. The van der Waals surface area contributed by atoms with Gasteiger partial charge in [-0.05, 0) is 37.1 Å². The first-order chi connectivity index (χ1) is 14.1. The second kappa shape index (κ2) is 8.62. The minimum Gasteiger partial charge on any atom is -0.354 e. The molecule has 0 atom stereocenters. The van der Waals surface area contributed by atoms with Crippen molar-refractivity contribution in [1.29, 1.82) is 0 Å². The van der Waals surface area contributed by atoms with Crippen LogP contribution in [0.25, 0.3) is 0 Å². The highest BCUT2D eigenvalue weighted by atomic mass is 15.3. The molecule has 2 aromatic carbocycles. The van der Waals surface area contributed by atoms with E-state index in [1.807, 2.05) is 0 Å². The van der Waals surface area contributed by atoms with Crippen LogP contribution in [0.1, 0.15) is 16.7 Å². The van der Waals surface area contributed by atoms with Crippen LogP contribution in [0.4, 0.5) is 17.3 Å². The Morgan fingerprint density at radius 1 is 0.862 bits per heavy atom. The van der Waals surface area contributed by atoms with Gasteiger partial charge in [-0.15, -0.1) is 0 Å². The molecule has 0 N–H and O–H groups in total. The predicted octanol–water partition coefficient (Wildman–Crippen LogP) is 4.18. The normalized spacial score (nSPS) is 14.8. The van der Waals surface area contributed by atoms with Gasteiger partial charge in [0.1, 0.15) is 18.0 Å². The molecule has 5 heteroatoms. The summed E-state index contributed by atoms with van der Waals surface area (Å²) in [5.74, 6) is 1.92. The van der Waals surface area contributed by atoms with Gasteiger partial charge >= 0.3 is 0 Å². The smallest absolute Gasteiger partial charge is 0.138 e. The van der Waals surface area contributed by atoms with Gasteiger partial charge in [0.2, 0.25) is 0 Å². The maximum atomic E-state index is 4.55. The molecule has 4 rings (SSSR count). The van der Waals surface area contributed by atoms with Crippen molar-refractivity contribution in [3.63, 3.8) is 0 Å². The highest BCUT2D eigenvalue weighted by molar-refractivity contribution is 5.62. The van der Waals surface area contributed by atoms with Gasteiger partial charge in [-0.2, -0.15) is 0 Å². The van der Waals surface area contributed by atoms with Crippen LogP contribution in [0, 0.1) is 13.8 Å². The molecule has 1 saturated heterocycles. The molecule has 1 aliphatic heterocycles. The van der Waals surface area contributed by atoms with Crippen molar-refractivity contribution in [2.75, 3.05) is 43.0 Å². The topological polar surface area (TPSA) is 35.5 Å². The van der Waals surface area contributed by atoms with Gasteiger partial charge in [-0.3, -0.25) is 4.90 Å². The molecule has 0 bridgehead atoms. The molecule has 1 aliphatic rings. The van der Waals surface area contributed by atoms with E-state index in [-0.39, 0.29) is 0 Å².